The molecule has 0 fully saturated rings. The van der Waals surface area contributed by atoms with Crippen molar-refractivity contribution in [1.82, 2.24) is 16.0 Å². The zero-order chi connectivity index (χ0) is 24.1. The molecule has 0 aliphatic rings. The Hall–Kier alpha value is -3.75. The van der Waals surface area contributed by atoms with Crippen molar-refractivity contribution in [3.8, 4) is 0 Å². The normalized spacial score (nSPS) is 13.2. The number of carboxylic acids is 2. The largest absolute Gasteiger partial charge is 0.481 e. The minimum Gasteiger partial charge on any atom is -0.481 e. The lowest BCUT2D eigenvalue weighted by Crippen LogP contribution is -2.54. The van der Waals surface area contributed by atoms with E-state index in [-0.39, 0.29) is 19.3 Å². The van der Waals surface area contributed by atoms with Crippen LogP contribution in [0.15, 0.2) is 0 Å². The van der Waals surface area contributed by atoms with Crippen molar-refractivity contribution in [2.45, 2.75) is 50.2 Å². The number of carbonyl (C=O) groups excluding carboxylic acids is 5. The van der Waals surface area contributed by atoms with Crippen LogP contribution in [0.1, 0.15) is 32.1 Å². The minimum atomic E-state index is -1.50. The lowest BCUT2D eigenvalue weighted by molar-refractivity contribution is -0.142. The number of amides is 5. The van der Waals surface area contributed by atoms with Crippen molar-refractivity contribution in [3.63, 3.8) is 0 Å². The van der Waals surface area contributed by atoms with E-state index in [9.17, 15) is 33.6 Å². The SMILES string of the molecule is NC(=O)CCC(NC(=O)CNC(=O)C(CC(N)=O)NC(=O)C(N)CCC(=O)O)C(=O)O. The Kier molecular flexibility index (Phi) is 11.8. The number of carboxylic acid groups (broad SMARTS) is 2. The Morgan fingerprint density at radius 2 is 1.39 bits per heavy atom. The molecule has 0 heterocycles. The number of nitrogens with one attached hydrogen (secondary N) is 3. The lowest BCUT2D eigenvalue weighted by atomic mass is 10.1. The highest BCUT2D eigenvalue weighted by atomic mass is 16.4. The van der Waals surface area contributed by atoms with Crippen LogP contribution < -0.4 is 33.2 Å². The number of hydrogen-bond donors (Lipinski definition) is 8. The molecule has 15 nitrogen and oxygen atoms in total. The number of primary amides is 2. The van der Waals surface area contributed by atoms with Crippen molar-refractivity contribution >= 4 is 41.5 Å². The third-order valence-corrected chi connectivity index (χ3v) is 3.78. The summed E-state index contributed by atoms with van der Waals surface area (Å²) in [4.78, 5) is 79.6. The molecule has 0 radical (unpaired) electrons. The lowest BCUT2D eigenvalue weighted by Gasteiger charge is -2.20. The van der Waals surface area contributed by atoms with E-state index >= 15 is 0 Å². The number of carbonyl (C=O) groups is 7. The van der Waals surface area contributed by atoms with Crippen molar-refractivity contribution in [2.24, 2.45) is 17.2 Å². The highest BCUT2D eigenvalue weighted by Gasteiger charge is 2.27. The fraction of sp³-hybridized carbons (Fsp3) is 0.562. The first kappa shape index (κ1) is 27.2. The van der Waals surface area contributed by atoms with Gasteiger partial charge in [-0.25, -0.2) is 4.79 Å². The predicted molar refractivity (Wildman–Crippen MR) is 102 cm³/mol. The maximum absolute atomic E-state index is 12.2. The van der Waals surface area contributed by atoms with Gasteiger partial charge in [0.05, 0.1) is 19.0 Å². The second-order valence-electron chi connectivity index (χ2n) is 6.45. The third kappa shape index (κ3) is 12.4. The molecule has 5 amide bonds. The average Bonchev–Trinajstić information content (AvgIpc) is 2.65. The van der Waals surface area contributed by atoms with Gasteiger partial charge in [-0.3, -0.25) is 28.8 Å². The van der Waals surface area contributed by atoms with E-state index in [1.54, 1.807) is 0 Å². The third-order valence-electron chi connectivity index (χ3n) is 3.78. The molecular formula is C16H26N6O9. The van der Waals surface area contributed by atoms with Crippen molar-refractivity contribution in [3.05, 3.63) is 0 Å². The topological polar surface area (TPSA) is 274 Å². The van der Waals surface area contributed by atoms with Gasteiger partial charge in [-0.2, -0.15) is 0 Å². The minimum absolute atomic E-state index is 0.226. The second-order valence-corrected chi connectivity index (χ2v) is 6.45. The number of hydrogen-bond acceptors (Lipinski definition) is 8. The van der Waals surface area contributed by atoms with Crippen LogP contribution in [0.3, 0.4) is 0 Å². The molecule has 11 N–H and O–H groups in total. The average molecular weight is 446 g/mol. The van der Waals surface area contributed by atoms with E-state index in [0.717, 1.165) is 0 Å². The molecule has 0 saturated heterocycles. The Labute approximate surface area is 176 Å². The second kappa shape index (κ2) is 13.5. The molecule has 15 heteroatoms. The fourth-order valence-electron chi connectivity index (χ4n) is 2.18. The first-order chi connectivity index (χ1) is 14.3. The number of nitrogens with two attached hydrogens (primary N) is 3. The Balaban J connectivity index is 4.85. The molecule has 31 heavy (non-hydrogen) atoms. The molecule has 174 valence electrons. The summed E-state index contributed by atoms with van der Waals surface area (Å²) in [5.41, 5.74) is 15.5. The summed E-state index contributed by atoms with van der Waals surface area (Å²) >= 11 is 0. The van der Waals surface area contributed by atoms with Gasteiger partial charge in [0.2, 0.25) is 29.5 Å². The van der Waals surface area contributed by atoms with Gasteiger partial charge in [0, 0.05) is 12.8 Å². The molecule has 0 aromatic heterocycles. The van der Waals surface area contributed by atoms with Crippen LogP contribution in [0.5, 0.6) is 0 Å². The van der Waals surface area contributed by atoms with Crippen LogP contribution >= 0.6 is 0 Å². The van der Waals surface area contributed by atoms with Gasteiger partial charge < -0.3 is 43.4 Å². The highest BCUT2D eigenvalue weighted by Crippen LogP contribution is 1.99. The molecule has 0 saturated carbocycles. The zero-order valence-electron chi connectivity index (χ0n) is 16.5. The fourth-order valence-corrected chi connectivity index (χ4v) is 2.18. The molecule has 0 rings (SSSR count). The van der Waals surface area contributed by atoms with E-state index < -0.39 is 79.0 Å². The quantitative estimate of drug-likeness (QED) is 0.119. The van der Waals surface area contributed by atoms with Gasteiger partial charge in [-0.05, 0) is 12.8 Å². The molecular weight excluding hydrogens is 420 g/mol. The standard InChI is InChI=1S/C16H26N6O9/c17-7(1-4-13(26)27)14(28)22-9(5-11(19)24)15(29)20-6-12(25)21-8(16(30)31)2-3-10(18)23/h7-9H,1-6,17H2,(H2,18,23)(H2,19,24)(H,20,29)(H,21,25)(H,22,28)(H,26,27)(H,30,31). The van der Waals surface area contributed by atoms with Gasteiger partial charge >= 0.3 is 11.9 Å². The van der Waals surface area contributed by atoms with Gasteiger partial charge in [-0.1, -0.05) is 0 Å². The first-order valence-electron chi connectivity index (χ1n) is 8.97. The van der Waals surface area contributed by atoms with Gasteiger partial charge in [0.15, 0.2) is 0 Å². The summed E-state index contributed by atoms with van der Waals surface area (Å²) in [6, 6.07) is -4.20. The first-order valence-corrected chi connectivity index (χ1v) is 8.97. The molecule has 0 aliphatic heterocycles. The van der Waals surface area contributed by atoms with E-state index in [4.69, 9.17) is 27.4 Å². The van der Waals surface area contributed by atoms with Crippen LogP contribution in [0.2, 0.25) is 0 Å². The Morgan fingerprint density at radius 3 is 1.87 bits per heavy atom. The molecule has 0 aliphatic carbocycles. The summed E-state index contributed by atoms with van der Waals surface area (Å²) in [6.45, 7) is -0.713. The Bertz CT molecular complexity index is 726. The Morgan fingerprint density at radius 1 is 0.774 bits per heavy atom. The van der Waals surface area contributed by atoms with Crippen molar-refractivity contribution in [1.29, 1.82) is 0 Å². The zero-order valence-corrected chi connectivity index (χ0v) is 16.5. The summed E-state index contributed by atoms with van der Waals surface area (Å²) in [7, 11) is 0. The van der Waals surface area contributed by atoms with Crippen molar-refractivity contribution < 1.29 is 43.8 Å². The van der Waals surface area contributed by atoms with Crippen LogP contribution in [0.4, 0.5) is 0 Å². The van der Waals surface area contributed by atoms with Gasteiger partial charge in [0.1, 0.15) is 12.1 Å². The summed E-state index contributed by atoms with van der Waals surface area (Å²) in [5.74, 6) is -7.15. The molecule has 3 atom stereocenters. The van der Waals surface area contributed by atoms with Crippen molar-refractivity contribution in [2.75, 3.05) is 6.54 Å². The predicted octanol–water partition coefficient (Wildman–Crippen LogP) is -4.51. The summed E-state index contributed by atoms with van der Waals surface area (Å²) in [6.07, 6.45) is -1.82. The van der Waals surface area contributed by atoms with Crippen LogP contribution in [0, 0.1) is 0 Å². The van der Waals surface area contributed by atoms with E-state index in [0.29, 0.717) is 0 Å². The number of aliphatic carboxylic acids is 2. The highest BCUT2D eigenvalue weighted by molar-refractivity contribution is 5.95. The maximum Gasteiger partial charge on any atom is 0.326 e. The van der Waals surface area contributed by atoms with Gasteiger partial charge in [0.25, 0.3) is 0 Å². The molecule has 3 unspecified atom stereocenters. The van der Waals surface area contributed by atoms with Crippen LogP contribution in [0.25, 0.3) is 0 Å². The van der Waals surface area contributed by atoms with E-state index in [1.165, 1.54) is 0 Å². The smallest absolute Gasteiger partial charge is 0.326 e. The van der Waals surface area contributed by atoms with E-state index in [2.05, 4.69) is 16.0 Å². The monoisotopic (exact) mass is 446 g/mol. The number of rotatable bonds is 15. The molecule has 0 bridgehead atoms. The summed E-state index contributed by atoms with van der Waals surface area (Å²) < 4.78 is 0. The van der Waals surface area contributed by atoms with Gasteiger partial charge in [-0.15, -0.1) is 0 Å². The van der Waals surface area contributed by atoms with E-state index in [1.807, 2.05) is 0 Å². The molecule has 0 aromatic carbocycles. The van der Waals surface area contributed by atoms with Crippen LogP contribution in [-0.2, 0) is 33.6 Å². The summed E-state index contributed by atoms with van der Waals surface area (Å²) in [5, 5.41) is 23.9. The molecule has 0 spiro atoms. The maximum atomic E-state index is 12.2. The molecule has 0 aromatic rings. The van der Waals surface area contributed by atoms with Crippen LogP contribution in [-0.4, -0.2) is 76.4 Å².